The van der Waals surface area contributed by atoms with E-state index in [2.05, 4.69) is 6.92 Å². The zero-order valence-corrected chi connectivity index (χ0v) is 10.8. The molecule has 0 aliphatic heterocycles. The molecule has 4 nitrogen and oxygen atoms in total. The Bertz CT molecular complexity index is 299. The minimum atomic E-state index is -0.250. The molecule has 0 bridgehead atoms. The molecular formula is C14H23NO3. The van der Waals surface area contributed by atoms with Crippen LogP contribution in [0.25, 0.3) is 0 Å². The predicted molar refractivity (Wildman–Crippen MR) is 72.3 cm³/mol. The molecular weight excluding hydrogens is 230 g/mol. The molecule has 0 heterocycles. The van der Waals surface area contributed by atoms with Crippen LogP contribution in [0.5, 0.6) is 0 Å². The summed E-state index contributed by atoms with van der Waals surface area (Å²) >= 11 is 0. The van der Waals surface area contributed by atoms with Crippen molar-refractivity contribution in [3.63, 3.8) is 0 Å². The first-order chi connectivity index (χ1) is 8.63. The van der Waals surface area contributed by atoms with Gasteiger partial charge in [0, 0.05) is 6.04 Å². The van der Waals surface area contributed by atoms with Crippen molar-refractivity contribution in [2.75, 3.05) is 6.61 Å². The largest absolute Gasteiger partial charge is 0.483 e. The van der Waals surface area contributed by atoms with Gasteiger partial charge in [-0.1, -0.05) is 50.1 Å². The van der Waals surface area contributed by atoms with E-state index in [1.807, 2.05) is 30.3 Å². The molecule has 1 aromatic rings. The van der Waals surface area contributed by atoms with Crippen LogP contribution < -0.4 is 5.73 Å². The molecule has 0 unspecified atom stereocenters. The summed E-state index contributed by atoms with van der Waals surface area (Å²) in [6, 6.07) is 9.80. The molecule has 102 valence electrons. The van der Waals surface area contributed by atoms with Gasteiger partial charge in [-0.2, -0.15) is 0 Å². The van der Waals surface area contributed by atoms with Gasteiger partial charge >= 0.3 is 0 Å². The van der Waals surface area contributed by atoms with E-state index in [0.29, 0.717) is 0 Å². The number of benzene rings is 1. The standard InChI is InChI=1S/C9H13NO.C4H8.CH2O2/c10-9(7-11)6-8-4-2-1-3-5-8;1-4-2-3-4;2-1-3/h1-5,9,11H,6-7,10H2;4H,2-3H2,1H3;1H,(H,2,3)/t9-;;/m0../s1. The summed E-state index contributed by atoms with van der Waals surface area (Å²) in [7, 11) is 0. The van der Waals surface area contributed by atoms with Gasteiger partial charge in [-0.3, -0.25) is 4.79 Å². The number of rotatable bonds is 3. The van der Waals surface area contributed by atoms with Crippen molar-refractivity contribution in [1.29, 1.82) is 0 Å². The van der Waals surface area contributed by atoms with Crippen LogP contribution in [0.3, 0.4) is 0 Å². The third-order valence-electron chi connectivity index (χ3n) is 2.44. The summed E-state index contributed by atoms with van der Waals surface area (Å²) in [5.41, 5.74) is 6.73. The number of nitrogens with two attached hydrogens (primary N) is 1. The Balaban J connectivity index is 0.000000338. The Morgan fingerprint density at radius 3 is 2.17 bits per heavy atom. The van der Waals surface area contributed by atoms with Gasteiger partial charge < -0.3 is 15.9 Å². The Kier molecular flexibility index (Phi) is 9.91. The highest BCUT2D eigenvalue weighted by molar-refractivity contribution is 5.32. The maximum atomic E-state index is 8.67. The van der Waals surface area contributed by atoms with E-state index in [9.17, 15) is 0 Å². The highest BCUT2D eigenvalue weighted by atomic mass is 16.3. The third kappa shape index (κ3) is 11.1. The zero-order valence-electron chi connectivity index (χ0n) is 10.8. The Morgan fingerprint density at radius 1 is 1.39 bits per heavy atom. The molecule has 1 aliphatic rings. The van der Waals surface area contributed by atoms with Crippen molar-refractivity contribution in [1.82, 2.24) is 0 Å². The van der Waals surface area contributed by atoms with Crippen molar-refractivity contribution in [3.05, 3.63) is 35.9 Å². The second kappa shape index (κ2) is 10.7. The maximum absolute atomic E-state index is 8.67. The smallest absolute Gasteiger partial charge is 0.290 e. The lowest BCUT2D eigenvalue weighted by molar-refractivity contribution is -0.122. The van der Waals surface area contributed by atoms with E-state index in [-0.39, 0.29) is 19.1 Å². The maximum Gasteiger partial charge on any atom is 0.290 e. The van der Waals surface area contributed by atoms with Crippen LogP contribution in [-0.2, 0) is 11.2 Å². The summed E-state index contributed by atoms with van der Waals surface area (Å²) in [4.78, 5) is 8.36. The number of carboxylic acid groups (broad SMARTS) is 1. The van der Waals surface area contributed by atoms with Crippen molar-refractivity contribution in [3.8, 4) is 0 Å². The van der Waals surface area contributed by atoms with E-state index in [1.54, 1.807) is 0 Å². The van der Waals surface area contributed by atoms with E-state index >= 15 is 0 Å². The van der Waals surface area contributed by atoms with Gasteiger partial charge in [-0.25, -0.2) is 0 Å². The van der Waals surface area contributed by atoms with Crippen LogP contribution in [0, 0.1) is 5.92 Å². The first kappa shape index (κ1) is 16.6. The first-order valence-corrected chi connectivity index (χ1v) is 6.12. The fourth-order valence-electron chi connectivity index (χ4n) is 1.15. The predicted octanol–water partition coefficient (Wildman–Crippen LogP) is 1.67. The average molecular weight is 253 g/mol. The Hall–Kier alpha value is -1.39. The van der Waals surface area contributed by atoms with Gasteiger partial charge in [-0.15, -0.1) is 0 Å². The highest BCUT2D eigenvalue weighted by Gasteiger charge is 2.12. The fraction of sp³-hybridized carbons (Fsp3) is 0.500. The van der Waals surface area contributed by atoms with Gasteiger partial charge in [0.05, 0.1) is 6.61 Å². The molecule has 1 atom stereocenters. The van der Waals surface area contributed by atoms with Gasteiger partial charge in [0.1, 0.15) is 0 Å². The molecule has 0 spiro atoms. The lowest BCUT2D eigenvalue weighted by Crippen LogP contribution is -2.26. The van der Waals surface area contributed by atoms with E-state index in [4.69, 9.17) is 20.7 Å². The number of aliphatic hydroxyl groups is 1. The van der Waals surface area contributed by atoms with Crippen molar-refractivity contribution in [2.45, 2.75) is 32.2 Å². The van der Waals surface area contributed by atoms with Crippen molar-refractivity contribution < 1.29 is 15.0 Å². The van der Waals surface area contributed by atoms with Crippen LogP contribution in [0.15, 0.2) is 30.3 Å². The van der Waals surface area contributed by atoms with Gasteiger partial charge in [0.2, 0.25) is 0 Å². The van der Waals surface area contributed by atoms with Crippen molar-refractivity contribution in [2.24, 2.45) is 11.7 Å². The monoisotopic (exact) mass is 253 g/mol. The molecule has 4 heteroatoms. The number of aliphatic hydroxyl groups excluding tert-OH is 1. The highest BCUT2D eigenvalue weighted by Crippen LogP contribution is 2.26. The molecule has 0 aromatic heterocycles. The van der Waals surface area contributed by atoms with Gasteiger partial charge in [0.15, 0.2) is 0 Å². The van der Waals surface area contributed by atoms with E-state index in [1.165, 1.54) is 18.4 Å². The summed E-state index contributed by atoms with van der Waals surface area (Å²) in [5, 5.41) is 15.6. The van der Waals surface area contributed by atoms with Crippen molar-refractivity contribution >= 4 is 6.47 Å². The topological polar surface area (TPSA) is 83.5 Å². The minimum Gasteiger partial charge on any atom is -0.483 e. The molecule has 18 heavy (non-hydrogen) atoms. The van der Waals surface area contributed by atoms with Crippen LogP contribution in [-0.4, -0.2) is 29.3 Å². The quantitative estimate of drug-likeness (QED) is 0.715. The molecule has 1 aromatic carbocycles. The molecule has 1 aliphatic carbocycles. The third-order valence-corrected chi connectivity index (χ3v) is 2.44. The number of hydrogen-bond acceptors (Lipinski definition) is 3. The molecule has 0 saturated heterocycles. The van der Waals surface area contributed by atoms with Crippen LogP contribution in [0.4, 0.5) is 0 Å². The first-order valence-electron chi connectivity index (χ1n) is 6.12. The van der Waals surface area contributed by atoms with E-state index < -0.39 is 0 Å². The molecule has 4 N–H and O–H groups in total. The van der Waals surface area contributed by atoms with Crippen LogP contribution in [0.1, 0.15) is 25.3 Å². The van der Waals surface area contributed by atoms with E-state index in [0.717, 1.165) is 12.3 Å². The Labute approximate surface area is 108 Å². The lowest BCUT2D eigenvalue weighted by Gasteiger charge is -2.06. The SMILES string of the molecule is CC1CC1.N[C@H](CO)Cc1ccccc1.O=CO. The average Bonchev–Trinajstić information content (AvgIpc) is 3.15. The minimum absolute atomic E-state index is 0.0505. The number of carbonyl (C=O) groups is 1. The van der Waals surface area contributed by atoms with Gasteiger partial charge in [-0.05, 0) is 17.9 Å². The second-order valence-corrected chi connectivity index (χ2v) is 4.42. The summed E-state index contributed by atoms with van der Waals surface area (Å²) < 4.78 is 0. The Morgan fingerprint density at radius 2 is 1.83 bits per heavy atom. The summed E-state index contributed by atoms with van der Waals surface area (Å²) in [6.07, 6.45) is 3.72. The normalized spacial score (nSPS) is 14.4. The molecule has 1 fully saturated rings. The molecule has 0 radical (unpaired) electrons. The van der Waals surface area contributed by atoms with Crippen LogP contribution in [0.2, 0.25) is 0 Å². The lowest BCUT2D eigenvalue weighted by atomic mass is 10.1. The fourth-order valence-corrected chi connectivity index (χ4v) is 1.15. The molecule has 1 saturated carbocycles. The zero-order chi connectivity index (χ0) is 13.8. The number of hydrogen-bond donors (Lipinski definition) is 3. The van der Waals surface area contributed by atoms with Crippen LogP contribution >= 0.6 is 0 Å². The molecule has 2 rings (SSSR count). The van der Waals surface area contributed by atoms with Gasteiger partial charge in [0.25, 0.3) is 6.47 Å². The second-order valence-electron chi connectivity index (χ2n) is 4.42. The molecule has 0 amide bonds. The summed E-state index contributed by atoms with van der Waals surface area (Å²) in [5.74, 6) is 1.08. The summed E-state index contributed by atoms with van der Waals surface area (Å²) in [6.45, 7) is 2.08.